The predicted octanol–water partition coefficient (Wildman–Crippen LogP) is 3.67. The Morgan fingerprint density at radius 2 is 2.23 bits per heavy atom. The fraction of sp³-hybridized carbons (Fsp3) is 0.250. The average Bonchev–Trinajstić information content (AvgIpc) is 3.03. The van der Waals surface area contributed by atoms with Crippen LogP contribution in [-0.2, 0) is 9.53 Å². The van der Waals surface area contributed by atoms with Crippen LogP contribution in [-0.4, -0.2) is 35.4 Å². The van der Waals surface area contributed by atoms with Gasteiger partial charge in [0.25, 0.3) is 5.91 Å². The first-order chi connectivity index (χ1) is 10.7. The molecule has 1 amide bonds. The maximum absolute atomic E-state index is 12.4. The number of methoxy groups -OCH3 is 1. The minimum absolute atomic E-state index is 0.0634. The van der Waals surface area contributed by atoms with Crippen LogP contribution in [0.5, 0.6) is 0 Å². The van der Waals surface area contributed by atoms with Crippen molar-refractivity contribution < 1.29 is 13.9 Å². The quantitative estimate of drug-likeness (QED) is 0.474. The van der Waals surface area contributed by atoms with Crippen LogP contribution in [0.25, 0.3) is 17.0 Å². The molecule has 0 bridgehead atoms. The monoisotopic (exact) mass is 333 g/mol. The summed E-state index contributed by atoms with van der Waals surface area (Å²) in [4.78, 5) is 14.6. The van der Waals surface area contributed by atoms with Crippen molar-refractivity contribution in [1.82, 2.24) is 4.90 Å². The number of furan rings is 1. The molecule has 2 aromatic rings. The molecular formula is C16H15NO3S2. The third-order valence-corrected chi connectivity index (χ3v) is 4.70. The summed E-state index contributed by atoms with van der Waals surface area (Å²) in [7, 11) is 1.64. The van der Waals surface area contributed by atoms with Gasteiger partial charge in [-0.25, -0.2) is 0 Å². The number of carbonyl (C=O) groups excluding carboxylic acids is 1. The van der Waals surface area contributed by atoms with E-state index in [1.54, 1.807) is 18.1 Å². The van der Waals surface area contributed by atoms with Gasteiger partial charge in [0.2, 0.25) is 0 Å². The number of hydrogen-bond donors (Lipinski definition) is 0. The summed E-state index contributed by atoms with van der Waals surface area (Å²) in [6.45, 7) is 1.19. The number of thioether (sulfide) groups is 1. The number of amides is 1. The fourth-order valence-electron chi connectivity index (χ4n) is 2.26. The molecule has 2 heterocycles. The minimum Gasteiger partial charge on any atom is -0.457 e. The molecule has 1 aromatic heterocycles. The maximum atomic E-state index is 12.4. The van der Waals surface area contributed by atoms with Gasteiger partial charge in [-0.05, 0) is 18.6 Å². The highest BCUT2D eigenvalue weighted by molar-refractivity contribution is 8.26. The zero-order valence-corrected chi connectivity index (χ0v) is 13.7. The Labute approximate surface area is 138 Å². The van der Waals surface area contributed by atoms with E-state index in [2.05, 4.69) is 0 Å². The molecule has 0 saturated carbocycles. The number of carbonyl (C=O) groups is 1. The van der Waals surface area contributed by atoms with E-state index in [0.717, 1.165) is 17.4 Å². The molecule has 1 aliphatic rings. The third-order valence-electron chi connectivity index (χ3n) is 3.32. The zero-order chi connectivity index (χ0) is 15.5. The molecule has 0 radical (unpaired) electrons. The molecule has 114 valence electrons. The lowest BCUT2D eigenvalue weighted by molar-refractivity contribution is -0.122. The summed E-state index contributed by atoms with van der Waals surface area (Å²) in [6.07, 6.45) is 2.52. The summed E-state index contributed by atoms with van der Waals surface area (Å²) in [6, 6.07) is 9.68. The van der Waals surface area contributed by atoms with Gasteiger partial charge >= 0.3 is 0 Å². The van der Waals surface area contributed by atoms with Crippen molar-refractivity contribution in [3.63, 3.8) is 0 Å². The Balaban J connectivity index is 1.79. The molecule has 1 saturated heterocycles. The topological polar surface area (TPSA) is 42.7 Å². The van der Waals surface area contributed by atoms with Crippen molar-refractivity contribution in [2.75, 3.05) is 20.3 Å². The second-order valence-electron chi connectivity index (χ2n) is 4.87. The summed E-state index contributed by atoms with van der Waals surface area (Å²) in [5, 5.41) is 1.02. The van der Waals surface area contributed by atoms with E-state index < -0.39 is 0 Å². The van der Waals surface area contributed by atoms with Crippen LogP contribution in [0.15, 0.2) is 39.7 Å². The maximum Gasteiger partial charge on any atom is 0.266 e. The second-order valence-corrected chi connectivity index (χ2v) is 6.54. The van der Waals surface area contributed by atoms with E-state index in [1.807, 2.05) is 30.3 Å². The van der Waals surface area contributed by atoms with E-state index in [1.165, 1.54) is 11.8 Å². The molecule has 3 rings (SSSR count). The second kappa shape index (κ2) is 6.64. The van der Waals surface area contributed by atoms with Crippen LogP contribution in [0.3, 0.4) is 0 Å². The molecule has 0 unspecified atom stereocenters. The van der Waals surface area contributed by atoms with Gasteiger partial charge in [0.05, 0.1) is 4.91 Å². The van der Waals surface area contributed by atoms with Gasteiger partial charge in [0, 0.05) is 31.7 Å². The molecule has 0 atom stereocenters. The lowest BCUT2D eigenvalue weighted by Gasteiger charge is -2.13. The number of hydrogen-bond acceptors (Lipinski definition) is 5. The van der Waals surface area contributed by atoms with Gasteiger partial charge in [0.15, 0.2) is 0 Å². The van der Waals surface area contributed by atoms with Gasteiger partial charge in [-0.15, -0.1) is 0 Å². The molecule has 0 aliphatic carbocycles. The number of para-hydroxylation sites is 1. The van der Waals surface area contributed by atoms with Gasteiger partial charge in [-0.1, -0.05) is 42.2 Å². The van der Waals surface area contributed by atoms with Gasteiger partial charge in [-0.2, -0.15) is 0 Å². The SMILES string of the molecule is COCCCN1C(=O)/C(=C\c2cc3ccccc3o2)SC1=S. The number of nitrogens with zero attached hydrogens (tertiary/aromatic N) is 1. The molecule has 1 aliphatic heterocycles. The average molecular weight is 333 g/mol. The van der Waals surface area contributed by atoms with E-state index in [-0.39, 0.29) is 5.91 Å². The Kier molecular flexibility index (Phi) is 4.61. The van der Waals surface area contributed by atoms with Gasteiger partial charge < -0.3 is 9.15 Å². The van der Waals surface area contributed by atoms with Crippen LogP contribution in [0.1, 0.15) is 12.2 Å². The summed E-state index contributed by atoms with van der Waals surface area (Å²) >= 11 is 6.59. The summed E-state index contributed by atoms with van der Waals surface area (Å²) < 4.78 is 11.3. The molecule has 0 spiro atoms. The highest BCUT2D eigenvalue weighted by atomic mass is 32.2. The van der Waals surface area contributed by atoms with Crippen molar-refractivity contribution in [2.24, 2.45) is 0 Å². The molecule has 6 heteroatoms. The molecule has 4 nitrogen and oxygen atoms in total. The first-order valence-electron chi connectivity index (χ1n) is 6.92. The van der Waals surface area contributed by atoms with E-state index >= 15 is 0 Å². The van der Waals surface area contributed by atoms with Crippen molar-refractivity contribution in [1.29, 1.82) is 0 Å². The fourth-order valence-corrected chi connectivity index (χ4v) is 3.55. The lowest BCUT2D eigenvalue weighted by atomic mass is 10.2. The van der Waals surface area contributed by atoms with Gasteiger partial charge in [0.1, 0.15) is 15.7 Å². The predicted molar refractivity (Wildman–Crippen MR) is 92.6 cm³/mol. The highest BCUT2D eigenvalue weighted by Gasteiger charge is 2.31. The number of benzene rings is 1. The van der Waals surface area contributed by atoms with E-state index in [9.17, 15) is 4.79 Å². The molecule has 1 aromatic carbocycles. The normalized spacial score (nSPS) is 17.1. The van der Waals surface area contributed by atoms with Gasteiger partial charge in [-0.3, -0.25) is 9.69 Å². The Bertz CT molecular complexity index is 718. The zero-order valence-electron chi connectivity index (χ0n) is 12.1. The highest BCUT2D eigenvalue weighted by Crippen LogP contribution is 2.33. The first-order valence-corrected chi connectivity index (χ1v) is 8.14. The van der Waals surface area contributed by atoms with Crippen molar-refractivity contribution >= 4 is 51.3 Å². The van der Waals surface area contributed by atoms with Crippen LogP contribution in [0, 0.1) is 0 Å². The summed E-state index contributed by atoms with van der Waals surface area (Å²) in [5.74, 6) is 0.602. The third kappa shape index (κ3) is 3.09. The largest absolute Gasteiger partial charge is 0.457 e. The number of thiocarbonyl (C=S) groups is 1. The van der Waals surface area contributed by atoms with E-state index in [0.29, 0.717) is 28.1 Å². The lowest BCUT2D eigenvalue weighted by Crippen LogP contribution is -2.29. The molecule has 22 heavy (non-hydrogen) atoms. The molecule has 1 fully saturated rings. The Morgan fingerprint density at radius 3 is 3.00 bits per heavy atom. The Morgan fingerprint density at radius 1 is 1.41 bits per heavy atom. The van der Waals surface area contributed by atoms with Crippen molar-refractivity contribution in [3.8, 4) is 0 Å². The number of rotatable bonds is 5. The standard InChI is InChI=1S/C16H15NO3S2/c1-19-8-4-7-17-15(18)14(22-16(17)21)10-12-9-11-5-2-3-6-13(11)20-12/h2-3,5-6,9-10H,4,7-8H2,1H3/b14-10+. The van der Waals surface area contributed by atoms with Crippen LogP contribution < -0.4 is 0 Å². The number of ether oxygens (including phenoxy) is 1. The van der Waals surface area contributed by atoms with Crippen LogP contribution >= 0.6 is 24.0 Å². The van der Waals surface area contributed by atoms with Crippen LogP contribution in [0.4, 0.5) is 0 Å². The minimum atomic E-state index is -0.0634. The van der Waals surface area contributed by atoms with Crippen molar-refractivity contribution in [2.45, 2.75) is 6.42 Å². The van der Waals surface area contributed by atoms with Crippen LogP contribution in [0.2, 0.25) is 0 Å². The van der Waals surface area contributed by atoms with E-state index in [4.69, 9.17) is 21.4 Å². The molecular weight excluding hydrogens is 318 g/mol. The summed E-state index contributed by atoms with van der Waals surface area (Å²) in [5.41, 5.74) is 0.810. The van der Waals surface area contributed by atoms with Crippen molar-refractivity contribution in [3.05, 3.63) is 41.0 Å². The molecule has 0 N–H and O–H groups in total. The first kappa shape index (κ1) is 15.3. The smallest absolute Gasteiger partial charge is 0.266 e. The number of fused-ring (bicyclic) bond motifs is 1. The Hall–Kier alpha value is -1.63.